The van der Waals surface area contributed by atoms with Gasteiger partial charge >= 0.3 is 12.1 Å². The number of nitrogens with zero attached hydrogens (tertiary/aromatic N) is 1. The average Bonchev–Trinajstić information content (AvgIpc) is 3.99. The molecule has 0 spiro atoms. The van der Waals surface area contributed by atoms with Crippen LogP contribution in [0.3, 0.4) is 0 Å². The Labute approximate surface area is 297 Å². The first kappa shape index (κ1) is 36.5. The van der Waals surface area contributed by atoms with Gasteiger partial charge in [-0.25, -0.2) is 18.0 Å². The molecule has 3 heterocycles. The average molecular weight is 731 g/mol. The van der Waals surface area contributed by atoms with E-state index in [1.165, 1.54) is 17.0 Å². The van der Waals surface area contributed by atoms with Crippen LogP contribution >= 0.6 is 0 Å². The summed E-state index contributed by atoms with van der Waals surface area (Å²) in [6, 6.07) is 2.36. The van der Waals surface area contributed by atoms with E-state index in [1.54, 1.807) is 26.8 Å². The maximum atomic E-state index is 14.3. The van der Waals surface area contributed by atoms with E-state index in [9.17, 15) is 32.4 Å². The van der Waals surface area contributed by atoms with Gasteiger partial charge in [0, 0.05) is 12.3 Å². The third-order valence-corrected chi connectivity index (χ3v) is 11.4. The standard InChI is InChI=1S/C35H46N4O11S/c1-34(2,3)50-33(44)36-25-10-8-6-4-5-7-9-22-19-35(22,32(43)38-51(45,46)24-12-13-24)37-29(40)26-18-23(20-39(26)30(25)41)49-31(42)21-11-14-27-28(17-21)48-16-15-47-27/h7,9,11,14,17,22-26H,4-6,8,10,12-13,15-16,18-20H2,1-3H3,(H,36,44)(H,37,40)(H,38,43)/b9-7-/t22-,23-,25+,26+,35-/m1/s1. The number of sulfonamides is 1. The van der Waals surface area contributed by atoms with Crippen molar-refractivity contribution in [1.82, 2.24) is 20.3 Å². The smallest absolute Gasteiger partial charge is 0.408 e. The van der Waals surface area contributed by atoms with E-state index in [4.69, 9.17) is 18.9 Å². The maximum absolute atomic E-state index is 14.3. The van der Waals surface area contributed by atoms with E-state index >= 15 is 0 Å². The van der Waals surface area contributed by atoms with Gasteiger partial charge in [0.15, 0.2) is 11.5 Å². The maximum Gasteiger partial charge on any atom is 0.408 e. The topological polar surface area (TPSA) is 196 Å². The van der Waals surface area contributed by atoms with Crippen LogP contribution in [0.15, 0.2) is 30.4 Å². The molecular formula is C35H46N4O11S. The minimum atomic E-state index is -3.91. The number of carbonyl (C=O) groups excluding carboxylic acids is 5. The predicted molar refractivity (Wildman–Crippen MR) is 181 cm³/mol. The summed E-state index contributed by atoms with van der Waals surface area (Å²) in [5.74, 6) is -2.40. The van der Waals surface area contributed by atoms with Crippen molar-refractivity contribution in [3.05, 3.63) is 35.9 Å². The lowest BCUT2D eigenvalue weighted by atomic mass is 10.0. The van der Waals surface area contributed by atoms with Gasteiger partial charge in [-0.1, -0.05) is 25.0 Å². The van der Waals surface area contributed by atoms with Gasteiger partial charge in [-0.2, -0.15) is 0 Å². The van der Waals surface area contributed by atoms with Gasteiger partial charge in [0.1, 0.15) is 42.5 Å². The molecule has 5 atom stereocenters. The minimum absolute atomic E-state index is 0.106. The van der Waals surface area contributed by atoms with Crippen LogP contribution in [0.1, 0.15) is 88.9 Å². The fraction of sp³-hybridized carbons (Fsp3) is 0.629. The van der Waals surface area contributed by atoms with Crippen molar-refractivity contribution in [1.29, 1.82) is 0 Å². The number of hydrogen-bond donors (Lipinski definition) is 3. The first-order valence-electron chi connectivity index (χ1n) is 17.6. The highest BCUT2D eigenvalue weighted by Crippen LogP contribution is 2.46. The molecular weight excluding hydrogens is 684 g/mol. The summed E-state index contributed by atoms with van der Waals surface area (Å²) < 4.78 is 50.1. The molecule has 1 aromatic rings. The van der Waals surface area contributed by atoms with E-state index in [0.29, 0.717) is 50.4 Å². The number of alkyl carbamates (subject to hydrolysis) is 1. The monoisotopic (exact) mass is 730 g/mol. The first-order chi connectivity index (χ1) is 24.1. The number of rotatable bonds is 6. The van der Waals surface area contributed by atoms with Crippen LogP contribution < -0.4 is 24.8 Å². The van der Waals surface area contributed by atoms with Crippen LogP contribution in [0.4, 0.5) is 4.79 Å². The molecule has 0 bridgehead atoms. The Bertz CT molecular complexity index is 1700. The Morgan fingerprint density at radius 3 is 2.49 bits per heavy atom. The van der Waals surface area contributed by atoms with Crippen LogP contribution in [0.5, 0.6) is 11.5 Å². The fourth-order valence-electron chi connectivity index (χ4n) is 6.69. The molecule has 1 aromatic carbocycles. The summed E-state index contributed by atoms with van der Waals surface area (Å²) in [4.78, 5) is 69.5. The van der Waals surface area contributed by atoms with Crippen molar-refractivity contribution in [3.63, 3.8) is 0 Å². The van der Waals surface area contributed by atoms with Crippen LogP contribution in [0, 0.1) is 5.92 Å². The van der Waals surface area contributed by atoms with Crippen molar-refractivity contribution < 1.29 is 51.3 Å². The van der Waals surface area contributed by atoms with Gasteiger partial charge in [0.2, 0.25) is 21.8 Å². The summed E-state index contributed by atoms with van der Waals surface area (Å²) in [7, 11) is -3.91. The lowest BCUT2D eigenvalue weighted by molar-refractivity contribution is -0.141. The molecule has 2 aliphatic carbocycles. The molecule has 6 rings (SSSR count). The van der Waals surface area contributed by atoms with Crippen LogP contribution in [-0.2, 0) is 33.9 Å². The Balaban J connectivity index is 1.26. The molecule has 4 amide bonds. The fourth-order valence-corrected chi connectivity index (χ4v) is 8.05. The number of esters is 1. The highest BCUT2D eigenvalue weighted by atomic mass is 32.2. The summed E-state index contributed by atoms with van der Waals surface area (Å²) in [5, 5.41) is 4.82. The molecule has 3 fully saturated rings. The second-order valence-corrected chi connectivity index (χ2v) is 16.8. The number of amides is 4. The van der Waals surface area contributed by atoms with E-state index in [-0.39, 0.29) is 31.4 Å². The minimum Gasteiger partial charge on any atom is -0.486 e. The number of hydrogen-bond acceptors (Lipinski definition) is 11. The number of fused-ring (bicyclic) bond motifs is 3. The highest BCUT2D eigenvalue weighted by molar-refractivity contribution is 7.91. The number of carbonyl (C=O) groups is 5. The van der Waals surface area contributed by atoms with Crippen molar-refractivity contribution in [2.24, 2.45) is 5.92 Å². The lowest BCUT2D eigenvalue weighted by Crippen LogP contribution is -2.58. The number of ether oxygens (including phenoxy) is 4. The van der Waals surface area contributed by atoms with Gasteiger partial charge < -0.3 is 34.5 Å². The Morgan fingerprint density at radius 2 is 1.76 bits per heavy atom. The Kier molecular flexibility index (Phi) is 10.3. The molecule has 1 saturated heterocycles. The third-order valence-electron chi connectivity index (χ3n) is 9.59. The van der Waals surface area contributed by atoms with E-state index in [1.807, 2.05) is 12.2 Å². The van der Waals surface area contributed by atoms with Crippen LogP contribution in [0.25, 0.3) is 0 Å². The normalized spacial score (nSPS) is 28.8. The van der Waals surface area contributed by atoms with Gasteiger partial charge in [-0.3, -0.25) is 19.1 Å². The molecule has 16 heteroatoms. The summed E-state index contributed by atoms with van der Waals surface area (Å²) >= 11 is 0. The van der Waals surface area contributed by atoms with Crippen LogP contribution in [-0.4, -0.2) is 97.4 Å². The summed E-state index contributed by atoms with van der Waals surface area (Å²) in [6.07, 6.45) is 6.01. The molecule has 278 valence electrons. The highest BCUT2D eigenvalue weighted by Gasteiger charge is 2.62. The van der Waals surface area contributed by atoms with E-state index in [2.05, 4.69) is 15.4 Å². The molecule has 3 N–H and O–H groups in total. The summed E-state index contributed by atoms with van der Waals surface area (Å²) in [5.41, 5.74) is -2.19. The quantitative estimate of drug-likeness (QED) is 0.287. The molecule has 0 radical (unpaired) electrons. The Morgan fingerprint density at radius 1 is 1.02 bits per heavy atom. The van der Waals surface area contributed by atoms with Gasteiger partial charge in [0.25, 0.3) is 5.91 Å². The molecule has 15 nitrogen and oxygen atoms in total. The van der Waals surface area contributed by atoms with Gasteiger partial charge in [0.05, 0.1) is 17.4 Å². The largest absolute Gasteiger partial charge is 0.486 e. The van der Waals surface area contributed by atoms with Crippen molar-refractivity contribution in [2.45, 2.75) is 113 Å². The summed E-state index contributed by atoms with van der Waals surface area (Å²) in [6.45, 7) is 5.64. The molecule has 0 unspecified atom stereocenters. The van der Waals surface area contributed by atoms with Gasteiger partial charge in [-0.05, 0) is 77.5 Å². The zero-order chi connectivity index (χ0) is 36.6. The van der Waals surface area contributed by atoms with Crippen LogP contribution in [0.2, 0.25) is 0 Å². The van der Waals surface area contributed by atoms with Crippen molar-refractivity contribution in [3.8, 4) is 11.5 Å². The predicted octanol–water partition coefficient (Wildman–Crippen LogP) is 2.48. The molecule has 5 aliphatic rings. The Hall–Kier alpha value is -4.34. The number of benzene rings is 1. The van der Waals surface area contributed by atoms with Gasteiger partial charge in [-0.15, -0.1) is 0 Å². The molecule has 0 aromatic heterocycles. The molecule has 51 heavy (non-hydrogen) atoms. The van der Waals surface area contributed by atoms with Crippen molar-refractivity contribution in [2.75, 3.05) is 19.8 Å². The lowest BCUT2D eigenvalue weighted by Gasteiger charge is -2.30. The first-order valence-corrected chi connectivity index (χ1v) is 19.2. The van der Waals surface area contributed by atoms with E-state index in [0.717, 1.165) is 12.8 Å². The number of allylic oxidation sites excluding steroid dienone is 1. The third kappa shape index (κ3) is 8.59. The molecule has 2 saturated carbocycles. The second-order valence-electron chi connectivity index (χ2n) is 14.8. The molecule has 3 aliphatic heterocycles. The second kappa shape index (κ2) is 14.4. The number of nitrogens with one attached hydrogen (secondary N) is 3. The van der Waals surface area contributed by atoms with Crippen molar-refractivity contribution >= 4 is 39.8 Å². The zero-order valence-electron chi connectivity index (χ0n) is 29.1. The zero-order valence-corrected chi connectivity index (χ0v) is 29.9. The van der Waals surface area contributed by atoms with E-state index < -0.39 is 80.3 Å². The SMILES string of the molecule is CC(C)(C)OC(=O)N[C@H]1CCCCC/C=C\[C@@H]2C[C@@]2(C(=O)NS(=O)(=O)C2CC2)NC(=O)[C@@H]2C[C@@H](OC(=O)c3ccc4c(c3)OCCO4)CN2C1=O.